The van der Waals surface area contributed by atoms with Crippen molar-refractivity contribution in [2.24, 2.45) is 4.99 Å². The standard InChI is InChI=1S/C21H27N5O3/c1-6-29-11-10-24-19(27)17-18(23(5)21(24)28)22-20-25(17)12-14(3)26(20)16-9-7-8-13(2)15(16)4/h7-9,12,17-18H,6,10-11H2,1-5H3. The van der Waals surface area contributed by atoms with Crippen molar-refractivity contribution >= 4 is 23.6 Å². The smallest absolute Gasteiger partial charge is 0.328 e. The number of rotatable bonds is 5. The summed E-state index contributed by atoms with van der Waals surface area (Å²) in [5.74, 6) is 0.453. The van der Waals surface area contributed by atoms with Crippen LogP contribution in [0.25, 0.3) is 0 Å². The van der Waals surface area contributed by atoms with Crippen LogP contribution >= 0.6 is 0 Å². The molecule has 1 aromatic carbocycles. The highest BCUT2D eigenvalue weighted by atomic mass is 16.5. The van der Waals surface area contributed by atoms with Crippen LogP contribution in [0.5, 0.6) is 0 Å². The molecule has 1 saturated heterocycles. The lowest BCUT2D eigenvalue weighted by atomic mass is 10.1. The molecule has 2 atom stereocenters. The summed E-state index contributed by atoms with van der Waals surface area (Å²) < 4.78 is 5.36. The summed E-state index contributed by atoms with van der Waals surface area (Å²) in [7, 11) is 1.70. The first-order chi connectivity index (χ1) is 13.9. The quantitative estimate of drug-likeness (QED) is 0.713. The molecule has 4 rings (SSSR count). The van der Waals surface area contributed by atoms with Crippen molar-refractivity contribution in [2.45, 2.75) is 39.9 Å². The molecule has 3 heterocycles. The number of carbonyl (C=O) groups is 2. The van der Waals surface area contributed by atoms with Crippen LogP contribution < -0.4 is 4.90 Å². The van der Waals surface area contributed by atoms with Gasteiger partial charge in [0.2, 0.25) is 5.96 Å². The Morgan fingerprint density at radius 2 is 1.93 bits per heavy atom. The van der Waals surface area contributed by atoms with Crippen LogP contribution in [0.4, 0.5) is 10.5 Å². The second-order valence-electron chi connectivity index (χ2n) is 7.60. The SMILES string of the molecule is CCOCCN1C(=O)C2C(N=C3N(c4cccc(C)c4C)C(C)=CN32)N(C)C1=O. The Kier molecular flexibility index (Phi) is 4.82. The van der Waals surface area contributed by atoms with Gasteiger partial charge in [-0.1, -0.05) is 12.1 Å². The van der Waals surface area contributed by atoms with Gasteiger partial charge in [0.25, 0.3) is 5.91 Å². The highest BCUT2D eigenvalue weighted by molar-refractivity contribution is 6.10. The maximum atomic E-state index is 13.2. The number of guanidine groups is 1. The largest absolute Gasteiger partial charge is 0.380 e. The maximum Gasteiger partial charge on any atom is 0.328 e. The van der Waals surface area contributed by atoms with Gasteiger partial charge in [-0.05, 0) is 44.9 Å². The number of aliphatic imine (C=N–C) groups is 1. The number of fused-ring (bicyclic) bond motifs is 3. The molecule has 154 valence electrons. The van der Waals surface area contributed by atoms with Crippen molar-refractivity contribution in [2.75, 3.05) is 31.7 Å². The fourth-order valence-corrected chi connectivity index (χ4v) is 4.14. The number of aryl methyl sites for hydroxylation is 1. The van der Waals surface area contributed by atoms with E-state index in [1.54, 1.807) is 11.9 Å². The third kappa shape index (κ3) is 2.90. The lowest BCUT2D eigenvalue weighted by Crippen LogP contribution is -2.64. The molecule has 3 aliphatic heterocycles. The zero-order valence-corrected chi connectivity index (χ0v) is 17.5. The van der Waals surface area contributed by atoms with E-state index < -0.39 is 12.2 Å². The van der Waals surface area contributed by atoms with E-state index in [-0.39, 0.29) is 18.5 Å². The topological polar surface area (TPSA) is 68.7 Å². The van der Waals surface area contributed by atoms with Gasteiger partial charge in [0.05, 0.1) is 18.8 Å². The lowest BCUT2D eigenvalue weighted by molar-refractivity contribution is -0.137. The fourth-order valence-electron chi connectivity index (χ4n) is 4.14. The number of allylic oxidation sites excluding steroid dienone is 1. The van der Waals surface area contributed by atoms with Crippen LogP contribution in [-0.2, 0) is 9.53 Å². The number of amides is 3. The molecular weight excluding hydrogens is 370 g/mol. The molecule has 0 aliphatic carbocycles. The Morgan fingerprint density at radius 3 is 2.66 bits per heavy atom. The third-order valence-electron chi connectivity index (χ3n) is 5.87. The number of urea groups is 1. The minimum absolute atomic E-state index is 0.233. The van der Waals surface area contributed by atoms with Gasteiger partial charge in [-0.15, -0.1) is 0 Å². The average Bonchev–Trinajstić information content (AvgIpc) is 3.20. The maximum absolute atomic E-state index is 13.2. The first kappa shape index (κ1) is 19.4. The Balaban J connectivity index is 1.68. The van der Waals surface area contributed by atoms with E-state index in [2.05, 4.69) is 30.9 Å². The number of hydrogen-bond acceptors (Lipinski definition) is 6. The fraction of sp³-hybridized carbons (Fsp3) is 0.476. The second-order valence-corrected chi connectivity index (χ2v) is 7.60. The molecule has 3 amide bonds. The van der Waals surface area contributed by atoms with Crippen LogP contribution in [0.1, 0.15) is 25.0 Å². The summed E-state index contributed by atoms with van der Waals surface area (Å²) in [4.78, 5) is 37.6. The van der Waals surface area contributed by atoms with E-state index in [1.807, 2.05) is 31.0 Å². The molecule has 0 N–H and O–H groups in total. The number of nitrogens with zero attached hydrogens (tertiary/aromatic N) is 5. The summed E-state index contributed by atoms with van der Waals surface area (Å²) in [5.41, 5.74) is 4.38. The Morgan fingerprint density at radius 1 is 1.17 bits per heavy atom. The molecular formula is C21H27N5O3. The number of anilines is 1. The Bertz CT molecular complexity index is 925. The van der Waals surface area contributed by atoms with Crippen LogP contribution in [-0.4, -0.2) is 71.6 Å². The van der Waals surface area contributed by atoms with Crippen LogP contribution in [0.3, 0.4) is 0 Å². The van der Waals surface area contributed by atoms with E-state index in [0.29, 0.717) is 19.2 Å². The zero-order valence-electron chi connectivity index (χ0n) is 17.5. The summed E-state index contributed by atoms with van der Waals surface area (Å²) in [6.45, 7) is 9.17. The normalized spacial score (nSPS) is 23.5. The predicted molar refractivity (Wildman–Crippen MR) is 110 cm³/mol. The van der Waals surface area contributed by atoms with Crippen molar-refractivity contribution in [1.82, 2.24) is 14.7 Å². The molecule has 1 aromatic rings. The van der Waals surface area contributed by atoms with Crippen molar-refractivity contribution < 1.29 is 14.3 Å². The van der Waals surface area contributed by atoms with Crippen molar-refractivity contribution in [1.29, 1.82) is 0 Å². The van der Waals surface area contributed by atoms with Gasteiger partial charge < -0.3 is 14.5 Å². The zero-order chi connectivity index (χ0) is 20.9. The summed E-state index contributed by atoms with van der Waals surface area (Å²) >= 11 is 0. The second kappa shape index (κ2) is 7.18. The Labute approximate surface area is 171 Å². The lowest BCUT2D eigenvalue weighted by Gasteiger charge is -2.40. The average molecular weight is 397 g/mol. The van der Waals surface area contributed by atoms with Crippen LogP contribution in [0, 0.1) is 13.8 Å². The van der Waals surface area contributed by atoms with E-state index >= 15 is 0 Å². The van der Waals surface area contributed by atoms with E-state index in [9.17, 15) is 9.59 Å². The van der Waals surface area contributed by atoms with Crippen LogP contribution in [0.2, 0.25) is 0 Å². The van der Waals surface area contributed by atoms with Gasteiger partial charge in [0.15, 0.2) is 12.2 Å². The molecule has 3 aliphatic rings. The molecule has 2 unspecified atom stereocenters. The van der Waals surface area contributed by atoms with Crippen LogP contribution in [0.15, 0.2) is 35.1 Å². The monoisotopic (exact) mass is 397 g/mol. The summed E-state index contributed by atoms with van der Waals surface area (Å²) in [6, 6.07) is 5.26. The minimum Gasteiger partial charge on any atom is -0.380 e. The molecule has 0 spiro atoms. The minimum atomic E-state index is -0.556. The van der Waals surface area contributed by atoms with Gasteiger partial charge in [0, 0.05) is 25.6 Å². The molecule has 29 heavy (non-hydrogen) atoms. The van der Waals surface area contributed by atoms with Crippen molar-refractivity contribution in [3.05, 3.63) is 41.2 Å². The van der Waals surface area contributed by atoms with Crippen molar-refractivity contribution in [3.8, 4) is 0 Å². The van der Waals surface area contributed by atoms with Gasteiger partial charge in [0.1, 0.15) is 0 Å². The summed E-state index contributed by atoms with van der Waals surface area (Å²) in [5, 5.41) is 0. The molecule has 0 bridgehead atoms. The van der Waals surface area contributed by atoms with E-state index in [0.717, 1.165) is 16.9 Å². The number of hydrogen-bond donors (Lipinski definition) is 0. The first-order valence-corrected chi connectivity index (χ1v) is 9.93. The van der Waals surface area contributed by atoms with Gasteiger partial charge in [-0.2, -0.15) is 0 Å². The predicted octanol–water partition coefficient (Wildman–Crippen LogP) is 2.28. The van der Waals surface area contributed by atoms with Crippen molar-refractivity contribution in [3.63, 3.8) is 0 Å². The van der Waals surface area contributed by atoms with E-state index in [1.165, 1.54) is 10.5 Å². The molecule has 1 fully saturated rings. The Hall–Kier alpha value is -2.87. The molecule has 0 aromatic heterocycles. The number of benzene rings is 1. The number of ether oxygens (including phenoxy) is 1. The number of carbonyl (C=O) groups excluding carboxylic acids is 2. The molecule has 0 saturated carbocycles. The third-order valence-corrected chi connectivity index (χ3v) is 5.87. The van der Waals surface area contributed by atoms with Gasteiger partial charge in [-0.25, -0.2) is 9.79 Å². The summed E-state index contributed by atoms with van der Waals surface area (Å²) in [6.07, 6.45) is 1.42. The van der Waals surface area contributed by atoms with E-state index in [4.69, 9.17) is 9.73 Å². The highest BCUT2D eigenvalue weighted by Gasteiger charge is 2.54. The highest BCUT2D eigenvalue weighted by Crippen LogP contribution is 2.37. The number of likely N-dealkylation sites (N-methyl/N-ethyl adjacent to an activating group) is 1. The molecule has 0 radical (unpaired) electrons. The van der Waals surface area contributed by atoms with Gasteiger partial charge >= 0.3 is 6.03 Å². The number of imide groups is 1. The van der Waals surface area contributed by atoms with Gasteiger partial charge in [-0.3, -0.25) is 14.6 Å². The molecule has 8 heteroatoms. The molecule has 8 nitrogen and oxygen atoms in total. The first-order valence-electron chi connectivity index (χ1n) is 9.93.